The summed E-state index contributed by atoms with van der Waals surface area (Å²) >= 11 is 0. The molecule has 9 nitrogen and oxygen atoms in total. The predicted octanol–water partition coefficient (Wildman–Crippen LogP) is 5.52. The molecule has 0 radical (unpaired) electrons. The summed E-state index contributed by atoms with van der Waals surface area (Å²) in [6.07, 6.45) is 5.64. The number of anilines is 3. The quantitative estimate of drug-likeness (QED) is 0.471. The third-order valence-corrected chi connectivity index (χ3v) is 7.71. The Balaban J connectivity index is 1.26. The van der Waals surface area contributed by atoms with Crippen LogP contribution < -0.4 is 15.1 Å². The van der Waals surface area contributed by atoms with Gasteiger partial charge in [-0.2, -0.15) is 5.10 Å². The highest BCUT2D eigenvalue weighted by molar-refractivity contribution is 5.88. The molecule has 0 spiro atoms. The van der Waals surface area contributed by atoms with Crippen molar-refractivity contribution < 1.29 is 9.53 Å². The van der Waals surface area contributed by atoms with E-state index in [0.717, 1.165) is 62.5 Å². The number of rotatable bonds is 5. The maximum Gasteiger partial charge on any atom is 0.407 e. The van der Waals surface area contributed by atoms with Crippen LogP contribution in [0.1, 0.15) is 71.8 Å². The summed E-state index contributed by atoms with van der Waals surface area (Å²) in [4.78, 5) is 26.4. The molecule has 4 heterocycles. The first-order valence-electron chi connectivity index (χ1n) is 13.5. The van der Waals surface area contributed by atoms with Gasteiger partial charge in [0.15, 0.2) is 17.0 Å². The van der Waals surface area contributed by atoms with Crippen molar-refractivity contribution in [2.24, 2.45) is 5.41 Å². The lowest BCUT2D eigenvalue weighted by atomic mass is 9.80. The zero-order valence-corrected chi connectivity index (χ0v) is 22.7. The van der Waals surface area contributed by atoms with Crippen molar-refractivity contribution in [3.05, 3.63) is 36.0 Å². The minimum Gasteiger partial charge on any atom is -0.444 e. The van der Waals surface area contributed by atoms with Crippen LogP contribution in [0.4, 0.5) is 22.1 Å². The largest absolute Gasteiger partial charge is 0.444 e. The number of carbonyl (C=O) groups excluding carboxylic acids is 1. The summed E-state index contributed by atoms with van der Waals surface area (Å²) in [5.74, 6) is 2.28. The number of benzene rings is 1. The Bertz CT molecular complexity index is 1260. The van der Waals surface area contributed by atoms with Crippen LogP contribution in [0.5, 0.6) is 0 Å². The molecule has 9 heteroatoms. The highest BCUT2D eigenvalue weighted by atomic mass is 16.6. The third kappa shape index (κ3) is 5.36. The smallest absolute Gasteiger partial charge is 0.407 e. The van der Waals surface area contributed by atoms with Crippen molar-refractivity contribution in [2.45, 2.75) is 71.8 Å². The van der Waals surface area contributed by atoms with Crippen molar-refractivity contribution in [3.8, 4) is 0 Å². The molecule has 5 rings (SSSR count). The Kier molecular flexibility index (Phi) is 6.72. The number of aromatic amines is 1. The van der Waals surface area contributed by atoms with Gasteiger partial charge in [0.25, 0.3) is 0 Å². The van der Waals surface area contributed by atoms with Crippen molar-refractivity contribution >= 4 is 34.6 Å². The first kappa shape index (κ1) is 25.3. The molecule has 198 valence electrons. The zero-order chi connectivity index (χ0) is 26.2. The number of fused-ring (bicyclic) bond motifs is 2. The monoisotopic (exact) mass is 505 g/mol. The van der Waals surface area contributed by atoms with E-state index >= 15 is 0 Å². The maximum absolute atomic E-state index is 12.1. The second kappa shape index (κ2) is 9.84. The highest BCUT2D eigenvalue weighted by Crippen LogP contribution is 2.41. The number of hydrogen-bond acceptors (Lipinski definition) is 7. The SMILES string of the molecule is CCC1CCN(c2n[nH]c3nc(N4CCC(C)(CNC(=O)OC(C)(C)C)CC4)cnc23)c2ccccc21. The standard InChI is InChI=1S/C28H39N7O2/c1-6-19-11-14-35(21-10-8-7-9-20(19)21)25-23-24(32-33-25)31-22(17-29-23)34-15-12-28(5,13-16-34)18-30-26(36)37-27(2,3)4/h7-10,17,19H,6,11-16,18H2,1-5H3,(H,30,36)(H,31,32,33). The van der Waals surface area contributed by atoms with Gasteiger partial charge < -0.3 is 19.9 Å². The Morgan fingerprint density at radius 2 is 1.97 bits per heavy atom. The van der Waals surface area contributed by atoms with Crippen molar-refractivity contribution in [2.75, 3.05) is 36.0 Å². The first-order valence-corrected chi connectivity index (χ1v) is 13.5. The van der Waals surface area contributed by atoms with Crippen molar-refractivity contribution in [3.63, 3.8) is 0 Å². The van der Waals surface area contributed by atoms with E-state index in [1.165, 1.54) is 11.3 Å². The molecule has 2 aliphatic rings. The molecule has 3 aromatic rings. The fourth-order valence-corrected chi connectivity index (χ4v) is 5.46. The molecule has 1 aromatic carbocycles. The van der Waals surface area contributed by atoms with Crippen LogP contribution >= 0.6 is 0 Å². The van der Waals surface area contributed by atoms with Gasteiger partial charge in [0.05, 0.1) is 6.20 Å². The Labute approximate surface area is 219 Å². The van der Waals surface area contributed by atoms with Gasteiger partial charge in [-0.25, -0.2) is 14.8 Å². The average molecular weight is 506 g/mol. The van der Waals surface area contributed by atoms with Gasteiger partial charge in [-0.15, -0.1) is 0 Å². The number of nitrogens with zero attached hydrogens (tertiary/aromatic N) is 5. The fraction of sp³-hybridized carbons (Fsp3) is 0.571. The molecule has 1 saturated heterocycles. The molecule has 0 aliphatic carbocycles. The molecule has 1 unspecified atom stereocenters. The van der Waals surface area contributed by atoms with Gasteiger partial charge in [0.1, 0.15) is 11.4 Å². The van der Waals surface area contributed by atoms with Crippen molar-refractivity contribution in [1.82, 2.24) is 25.5 Å². The lowest BCUT2D eigenvalue weighted by molar-refractivity contribution is 0.0495. The Hall–Kier alpha value is -3.36. The summed E-state index contributed by atoms with van der Waals surface area (Å²) < 4.78 is 5.39. The molecule has 1 atom stereocenters. The number of nitrogens with one attached hydrogen (secondary N) is 2. The van der Waals surface area contributed by atoms with Crippen LogP contribution in [0.2, 0.25) is 0 Å². The van der Waals surface area contributed by atoms with E-state index in [1.54, 1.807) is 0 Å². The zero-order valence-electron chi connectivity index (χ0n) is 22.7. The number of H-pyrrole nitrogens is 1. The van der Waals surface area contributed by atoms with Crippen LogP contribution in [0.15, 0.2) is 30.5 Å². The normalized spacial score (nSPS) is 19.5. The fourth-order valence-electron chi connectivity index (χ4n) is 5.46. The highest BCUT2D eigenvalue weighted by Gasteiger charge is 2.32. The molecule has 2 aliphatic heterocycles. The van der Waals surface area contributed by atoms with Gasteiger partial charge in [-0.1, -0.05) is 32.0 Å². The van der Waals surface area contributed by atoms with Crippen LogP contribution in [0, 0.1) is 5.41 Å². The molecule has 2 N–H and O–H groups in total. The lowest BCUT2D eigenvalue weighted by Crippen LogP contribution is -2.46. The number of ether oxygens (including phenoxy) is 1. The topological polar surface area (TPSA) is 99.3 Å². The summed E-state index contributed by atoms with van der Waals surface area (Å²) in [7, 11) is 0. The number of alkyl carbamates (subject to hydrolysis) is 1. The van der Waals surface area contributed by atoms with E-state index in [2.05, 4.69) is 63.4 Å². The maximum atomic E-state index is 12.1. The summed E-state index contributed by atoms with van der Waals surface area (Å²) in [5.41, 5.74) is 3.64. The van der Waals surface area contributed by atoms with E-state index in [9.17, 15) is 4.79 Å². The van der Waals surface area contributed by atoms with Crippen LogP contribution in [-0.4, -0.2) is 58.0 Å². The van der Waals surface area contributed by atoms with E-state index in [1.807, 2.05) is 27.0 Å². The van der Waals surface area contributed by atoms with Gasteiger partial charge in [-0.3, -0.25) is 5.10 Å². The summed E-state index contributed by atoms with van der Waals surface area (Å²) in [5, 5.41) is 10.7. The average Bonchev–Trinajstić information content (AvgIpc) is 3.29. The number of hydrogen-bond donors (Lipinski definition) is 2. The third-order valence-electron chi connectivity index (χ3n) is 7.71. The molecule has 0 saturated carbocycles. The van der Waals surface area contributed by atoms with Gasteiger partial charge in [-0.05, 0) is 69.4 Å². The number of para-hydroxylation sites is 1. The van der Waals surface area contributed by atoms with Gasteiger partial charge in [0, 0.05) is 31.9 Å². The number of aromatic nitrogens is 4. The van der Waals surface area contributed by atoms with Crippen LogP contribution in [0.25, 0.3) is 11.2 Å². The van der Waals surface area contributed by atoms with E-state index in [-0.39, 0.29) is 11.5 Å². The Morgan fingerprint density at radius 1 is 1.22 bits per heavy atom. The van der Waals surface area contributed by atoms with Crippen LogP contribution in [0.3, 0.4) is 0 Å². The predicted molar refractivity (Wildman–Crippen MR) is 147 cm³/mol. The van der Waals surface area contributed by atoms with E-state index < -0.39 is 5.60 Å². The second-order valence-electron chi connectivity index (χ2n) is 11.7. The molecule has 1 fully saturated rings. The molecule has 0 bridgehead atoms. The molecular weight excluding hydrogens is 466 g/mol. The number of piperidine rings is 1. The second-order valence-corrected chi connectivity index (χ2v) is 11.7. The lowest BCUT2D eigenvalue weighted by Gasteiger charge is -2.40. The molecular formula is C28H39N7O2. The van der Waals surface area contributed by atoms with Gasteiger partial charge >= 0.3 is 6.09 Å². The molecule has 1 amide bonds. The molecule has 37 heavy (non-hydrogen) atoms. The Morgan fingerprint density at radius 3 is 2.70 bits per heavy atom. The summed E-state index contributed by atoms with van der Waals surface area (Å²) in [6, 6.07) is 8.63. The minimum absolute atomic E-state index is 0.0179. The molecule has 2 aromatic heterocycles. The van der Waals surface area contributed by atoms with Crippen molar-refractivity contribution in [1.29, 1.82) is 0 Å². The first-order chi connectivity index (χ1) is 17.7. The number of carbonyl (C=O) groups is 1. The van der Waals surface area contributed by atoms with Gasteiger partial charge in [0.2, 0.25) is 0 Å². The number of amides is 1. The minimum atomic E-state index is -0.493. The van der Waals surface area contributed by atoms with Crippen LogP contribution in [-0.2, 0) is 4.74 Å². The summed E-state index contributed by atoms with van der Waals surface area (Å²) in [6.45, 7) is 13.3. The van der Waals surface area contributed by atoms with E-state index in [4.69, 9.17) is 14.7 Å². The van der Waals surface area contributed by atoms with E-state index in [0.29, 0.717) is 18.1 Å².